The van der Waals surface area contributed by atoms with Gasteiger partial charge in [0, 0.05) is 4.90 Å². The molecule has 0 aliphatic carbocycles. The van der Waals surface area contributed by atoms with E-state index in [4.69, 9.17) is 16.7 Å². The molecule has 0 saturated carbocycles. The molecular formula is C11H7ClN2O3S. The molecule has 0 spiro atoms. The van der Waals surface area contributed by atoms with E-state index in [9.17, 15) is 9.59 Å². The number of nitrogens with one attached hydrogen (secondary N) is 1. The van der Waals surface area contributed by atoms with Gasteiger partial charge in [-0.2, -0.15) is 0 Å². The lowest BCUT2D eigenvalue weighted by Crippen LogP contribution is -2.07. The molecule has 1 heterocycles. The van der Waals surface area contributed by atoms with E-state index in [0.29, 0.717) is 9.92 Å². The van der Waals surface area contributed by atoms with Gasteiger partial charge in [-0.15, -0.1) is 0 Å². The minimum absolute atomic E-state index is 0.0109. The van der Waals surface area contributed by atoms with Gasteiger partial charge in [0.05, 0.1) is 11.9 Å². The molecule has 0 bridgehead atoms. The highest BCUT2D eigenvalue weighted by molar-refractivity contribution is 7.99. The summed E-state index contributed by atoms with van der Waals surface area (Å²) in [7, 11) is 0. The Morgan fingerprint density at radius 2 is 2.22 bits per heavy atom. The van der Waals surface area contributed by atoms with Gasteiger partial charge in [0.1, 0.15) is 10.0 Å². The van der Waals surface area contributed by atoms with E-state index in [1.807, 2.05) is 0 Å². The number of aromatic amines is 1. The number of hydrogen-bond donors (Lipinski definition) is 2. The summed E-state index contributed by atoms with van der Waals surface area (Å²) < 4.78 is 0. The molecule has 0 unspecified atom stereocenters. The van der Waals surface area contributed by atoms with Crippen molar-refractivity contribution in [3.8, 4) is 0 Å². The van der Waals surface area contributed by atoms with Crippen LogP contribution in [0.1, 0.15) is 10.4 Å². The van der Waals surface area contributed by atoms with Crippen molar-refractivity contribution in [3.05, 3.63) is 51.5 Å². The molecule has 2 N–H and O–H groups in total. The highest BCUT2D eigenvalue weighted by atomic mass is 35.5. The Labute approximate surface area is 111 Å². The Balaban J connectivity index is 2.34. The number of carboxylic acids is 1. The largest absolute Gasteiger partial charge is 0.478 e. The number of aromatic carboxylic acids is 1. The first-order valence-electron chi connectivity index (χ1n) is 4.82. The fourth-order valence-electron chi connectivity index (χ4n) is 1.24. The minimum Gasteiger partial charge on any atom is -0.478 e. The maximum atomic E-state index is 11.3. The summed E-state index contributed by atoms with van der Waals surface area (Å²) in [4.78, 5) is 29.0. The van der Waals surface area contributed by atoms with Gasteiger partial charge in [-0.25, -0.2) is 9.78 Å². The number of rotatable bonds is 3. The second-order valence-electron chi connectivity index (χ2n) is 3.29. The quantitative estimate of drug-likeness (QED) is 0.844. The van der Waals surface area contributed by atoms with Crippen LogP contribution in [0.5, 0.6) is 0 Å². The average Bonchev–Trinajstić information content (AvgIpc) is 2.35. The number of nitrogens with zero attached hydrogens (tertiary/aromatic N) is 1. The van der Waals surface area contributed by atoms with E-state index in [2.05, 4.69) is 9.97 Å². The highest BCUT2D eigenvalue weighted by Crippen LogP contribution is 2.29. The number of hydrogen-bond acceptors (Lipinski definition) is 4. The van der Waals surface area contributed by atoms with Gasteiger partial charge in [-0.1, -0.05) is 29.4 Å². The standard InChI is InChI=1S/C11H7ClN2O3S/c12-8-9(15)13-5-14-10(8)18-7-3-1-2-6(4-7)11(16)17/h1-5H,(H,16,17)(H,13,14,15). The molecule has 0 fully saturated rings. The molecule has 0 atom stereocenters. The van der Waals surface area contributed by atoms with Crippen molar-refractivity contribution in [2.75, 3.05) is 0 Å². The number of carboxylic acid groups (broad SMARTS) is 1. The Kier molecular flexibility index (Phi) is 3.69. The molecule has 0 saturated heterocycles. The number of benzene rings is 1. The Morgan fingerprint density at radius 3 is 2.94 bits per heavy atom. The average molecular weight is 283 g/mol. The lowest BCUT2D eigenvalue weighted by atomic mass is 10.2. The smallest absolute Gasteiger partial charge is 0.335 e. The molecule has 0 amide bonds. The number of H-pyrrole nitrogens is 1. The molecule has 2 aromatic rings. The van der Waals surface area contributed by atoms with Crippen LogP contribution in [-0.2, 0) is 0 Å². The molecule has 1 aromatic heterocycles. The topological polar surface area (TPSA) is 83.0 Å². The van der Waals surface area contributed by atoms with Gasteiger partial charge in [0.15, 0.2) is 0 Å². The first-order valence-corrected chi connectivity index (χ1v) is 6.02. The van der Waals surface area contributed by atoms with E-state index in [1.54, 1.807) is 12.1 Å². The second-order valence-corrected chi connectivity index (χ2v) is 4.73. The van der Waals surface area contributed by atoms with Crippen LogP contribution in [0.4, 0.5) is 0 Å². The van der Waals surface area contributed by atoms with Gasteiger partial charge in [0.2, 0.25) is 0 Å². The van der Waals surface area contributed by atoms with Crippen LogP contribution in [0.15, 0.2) is 45.3 Å². The van der Waals surface area contributed by atoms with E-state index >= 15 is 0 Å². The van der Waals surface area contributed by atoms with E-state index < -0.39 is 11.5 Å². The number of aromatic nitrogens is 2. The third-order valence-electron chi connectivity index (χ3n) is 2.06. The van der Waals surface area contributed by atoms with Crippen molar-refractivity contribution in [1.82, 2.24) is 9.97 Å². The summed E-state index contributed by atoms with van der Waals surface area (Å²) in [6, 6.07) is 6.31. The van der Waals surface area contributed by atoms with Crippen LogP contribution in [0.25, 0.3) is 0 Å². The van der Waals surface area contributed by atoms with Crippen LogP contribution < -0.4 is 5.56 Å². The number of carbonyl (C=O) groups is 1. The van der Waals surface area contributed by atoms with Crippen molar-refractivity contribution in [1.29, 1.82) is 0 Å². The van der Waals surface area contributed by atoms with E-state index in [-0.39, 0.29) is 10.6 Å². The van der Waals surface area contributed by atoms with Crippen LogP contribution in [0.2, 0.25) is 5.02 Å². The maximum absolute atomic E-state index is 11.3. The predicted molar refractivity (Wildman–Crippen MR) is 67.4 cm³/mol. The van der Waals surface area contributed by atoms with Gasteiger partial charge in [-0.3, -0.25) is 4.79 Å². The summed E-state index contributed by atoms with van der Waals surface area (Å²) in [6.07, 6.45) is 1.25. The molecule has 1 aromatic carbocycles. The van der Waals surface area contributed by atoms with Crippen LogP contribution in [0.3, 0.4) is 0 Å². The Hall–Kier alpha value is -1.79. The SMILES string of the molecule is O=C(O)c1cccc(Sc2nc[nH]c(=O)c2Cl)c1. The van der Waals surface area contributed by atoms with Gasteiger partial charge in [-0.05, 0) is 18.2 Å². The lowest BCUT2D eigenvalue weighted by Gasteiger charge is -2.03. The monoisotopic (exact) mass is 282 g/mol. The third-order valence-corrected chi connectivity index (χ3v) is 3.52. The summed E-state index contributed by atoms with van der Waals surface area (Å²) in [5.41, 5.74) is -0.260. The first kappa shape index (κ1) is 12.7. The fourth-order valence-corrected chi connectivity index (χ4v) is 2.30. The van der Waals surface area contributed by atoms with Gasteiger partial charge < -0.3 is 10.1 Å². The molecular weight excluding hydrogens is 276 g/mol. The predicted octanol–water partition coefficient (Wildman–Crippen LogP) is 2.27. The van der Waals surface area contributed by atoms with Gasteiger partial charge in [0.25, 0.3) is 5.56 Å². The van der Waals surface area contributed by atoms with Crippen molar-refractivity contribution < 1.29 is 9.90 Å². The summed E-state index contributed by atoms with van der Waals surface area (Å²) in [6.45, 7) is 0. The van der Waals surface area contributed by atoms with Crippen molar-refractivity contribution in [3.63, 3.8) is 0 Å². The van der Waals surface area contributed by atoms with Crippen molar-refractivity contribution in [2.24, 2.45) is 0 Å². The Bertz CT molecular complexity index is 657. The molecule has 92 valence electrons. The summed E-state index contributed by atoms with van der Waals surface area (Å²) in [5, 5.41) is 9.19. The molecule has 2 rings (SSSR count). The summed E-state index contributed by atoms with van der Waals surface area (Å²) >= 11 is 6.94. The molecule has 5 nitrogen and oxygen atoms in total. The van der Waals surface area contributed by atoms with Crippen LogP contribution >= 0.6 is 23.4 Å². The van der Waals surface area contributed by atoms with Crippen LogP contribution in [0, 0.1) is 0 Å². The zero-order valence-corrected chi connectivity index (χ0v) is 10.5. The fraction of sp³-hybridized carbons (Fsp3) is 0. The first-order chi connectivity index (χ1) is 8.58. The van der Waals surface area contributed by atoms with E-state index in [1.165, 1.54) is 18.5 Å². The second kappa shape index (κ2) is 5.24. The lowest BCUT2D eigenvalue weighted by molar-refractivity contribution is 0.0696. The Morgan fingerprint density at radius 1 is 1.44 bits per heavy atom. The summed E-state index contributed by atoms with van der Waals surface area (Å²) in [5.74, 6) is -1.01. The normalized spacial score (nSPS) is 10.3. The van der Waals surface area contributed by atoms with Crippen molar-refractivity contribution in [2.45, 2.75) is 9.92 Å². The molecule has 0 radical (unpaired) electrons. The molecule has 0 aliphatic rings. The number of halogens is 1. The van der Waals surface area contributed by atoms with Crippen molar-refractivity contribution >= 4 is 29.3 Å². The zero-order chi connectivity index (χ0) is 13.1. The zero-order valence-electron chi connectivity index (χ0n) is 8.88. The molecule has 18 heavy (non-hydrogen) atoms. The molecule has 0 aliphatic heterocycles. The van der Waals surface area contributed by atoms with E-state index in [0.717, 1.165) is 11.8 Å². The maximum Gasteiger partial charge on any atom is 0.335 e. The highest BCUT2D eigenvalue weighted by Gasteiger charge is 2.09. The minimum atomic E-state index is -1.01. The molecule has 7 heteroatoms. The third kappa shape index (κ3) is 2.72. The van der Waals surface area contributed by atoms with Crippen LogP contribution in [-0.4, -0.2) is 21.0 Å². The van der Waals surface area contributed by atoms with Gasteiger partial charge >= 0.3 is 5.97 Å².